The number of aliphatic hydroxyl groups excluding tert-OH is 4. The maximum Gasteiger partial charge on any atom is 0.472 e. The first-order valence-corrected chi connectivity index (χ1v) is 24.2. The summed E-state index contributed by atoms with van der Waals surface area (Å²) in [6, 6.07) is 0. The zero-order valence-electron chi connectivity index (χ0n) is 36.0. The van der Waals surface area contributed by atoms with Crippen LogP contribution in [0.3, 0.4) is 0 Å². The van der Waals surface area contributed by atoms with Crippen molar-refractivity contribution in [2.45, 2.75) is 212 Å². The van der Waals surface area contributed by atoms with Gasteiger partial charge in [0.25, 0.3) is 0 Å². The second kappa shape index (κ2) is 35.0. The van der Waals surface area contributed by atoms with Gasteiger partial charge < -0.3 is 34.8 Å². The number of Topliss-reactive ketones (excluding diaryl/α,β-unsaturated/α-hetero) is 1. The first-order valence-electron chi connectivity index (χ1n) is 22.7. The fourth-order valence-corrected chi connectivity index (χ4v) is 8.03. The van der Waals surface area contributed by atoms with Gasteiger partial charge in [0.1, 0.15) is 18.5 Å². The predicted molar refractivity (Wildman–Crippen MR) is 225 cm³/mol. The summed E-state index contributed by atoms with van der Waals surface area (Å²) >= 11 is 0. The molecular weight excluding hydrogens is 767 g/mol. The molecule has 1 aliphatic rings. The zero-order valence-corrected chi connectivity index (χ0v) is 36.9. The Balaban J connectivity index is 2.41. The van der Waals surface area contributed by atoms with Crippen LogP contribution in [-0.4, -0.2) is 93.9 Å². The predicted octanol–water partition coefficient (Wildman–Crippen LogP) is 8.59. The molecule has 1 aliphatic carbocycles. The average molecular weight is 849 g/mol. The van der Waals surface area contributed by atoms with E-state index in [1.807, 2.05) is 0 Å². The number of rotatable bonds is 39. The fraction of sp³-hybridized carbons (Fsp3) is 0.886. The van der Waals surface area contributed by atoms with E-state index in [9.17, 15) is 39.2 Å². The van der Waals surface area contributed by atoms with Crippen molar-refractivity contribution in [3.8, 4) is 0 Å². The molecule has 0 heterocycles. The van der Waals surface area contributed by atoms with E-state index in [0.29, 0.717) is 32.1 Å². The van der Waals surface area contributed by atoms with E-state index in [4.69, 9.17) is 19.1 Å². The lowest BCUT2D eigenvalue weighted by molar-refractivity contribution is -0.161. The highest BCUT2D eigenvalue weighted by molar-refractivity contribution is 7.47. The van der Waals surface area contributed by atoms with Crippen LogP contribution in [0.1, 0.15) is 187 Å². The number of carbonyl (C=O) groups excluding carboxylic acids is 3. The van der Waals surface area contributed by atoms with Gasteiger partial charge in [0.05, 0.1) is 32.0 Å². The summed E-state index contributed by atoms with van der Waals surface area (Å²) in [5.41, 5.74) is 0. The van der Waals surface area contributed by atoms with E-state index in [1.165, 1.54) is 70.6 Å². The molecule has 1 saturated carbocycles. The Morgan fingerprint density at radius 2 is 1.22 bits per heavy atom. The van der Waals surface area contributed by atoms with Crippen LogP contribution in [0.5, 0.6) is 0 Å². The molecule has 1 unspecified atom stereocenters. The average Bonchev–Trinajstić information content (AvgIpc) is 3.47. The molecule has 0 aromatic rings. The van der Waals surface area contributed by atoms with E-state index in [0.717, 1.165) is 51.4 Å². The largest absolute Gasteiger partial charge is 0.472 e. The van der Waals surface area contributed by atoms with Crippen molar-refractivity contribution in [1.29, 1.82) is 0 Å². The van der Waals surface area contributed by atoms with Gasteiger partial charge in [-0.05, 0) is 25.7 Å². The highest BCUT2D eigenvalue weighted by Crippen LogP contribution is 2.43. The second-order valence-electron chi connectivity index (χ2n) is 16.2. The first-order chi connectivity index (χ1) is 27.9. The van der Waals surface area contributed by atoms with Crippen molar-refractivity contribution in [2.24, 2.45) is 11.8 Å². The van der Waals surface area contributed by atoms with Crippen LogP contribution in [0, 0.1) is 11.8 Å². The summed E-state index contributed by atoms with van der Waals surface area (Å²) in [7, 11) is -4.67. The van der Waals surface area contributed by atoms with Crippen molar-refractivity contribution in [3.63, 3.8) is 0 Å². The van der Waals surface area contributed by atoms with Crippen LogP contribution in [0.2, 0.25) is 0 Å². The maximum atomic E-state index is 12.7. The molecule has 0 spiro atoms. The summed E-state index contributed by atoms with van der Waals surface area (Å²) in [5.74, 6) is -1.64. The van der Waals surface area contributed by atoms with Crippen LogP contribution >= 0.6 is 7.82 Å². The van der Waals surface area contributed by atoms with Gasteiger partial charge in [-0.15, -0.1) is 0 Å². The van der Waals surface area contributed by atoms with E-state index in [1.54, 1.807) is 12.2 Å². The molecule has 13 nitrogen and oxygen atoms in total. The Bertz CT molecular complexity index is 1130. The number of phosphoric acid groups is 1. The lowest BCUT2D eigenvalue weighted by Crippen LogP contribution is -2.29. The highest BCUT2D eigenvalue weighted by Gasteiger charge is 2.39. The van der Waals surface area contributed by atoms with Gasteiger partial charge in [-0.25, -0.2) is 4.57 Å². The van der Waals surface area contributed by atoms with Gasteiger partial charge in [0, 0.05) is 31.1 Å². The molecule has 0 radical (unpaired) electrons. The molecule has 7 atom stereocenters. The van der Waals surface area contributed by atoms with Crippen LogP contribution in [0.15, 0.2) is 12.2 Å². The molecular formula is C44H81O13P. The lowest BCUT2D eigenvalue weighted by Gasteiger charge is -2.20. The molecule has 0 aromatic heterocycles. The zero-order chi connectivity index (χ0) is 42.9. The van der Waals surface area contributed by atoms with Crippen molar-refractivity contribution >= 4 is 25.5 Å². The smallest absolute Gasteiger partial charge is 0.462 e. The molecule has 5 N–H and O–H groups in total. The number of hydrogen-bond acceptors (Lipinski definition) is 12. The summed E-state index contributed by atoms with van der Waals surface area (Å²) in [6.07, 6.45) is 25.0. The van der Waals surface area contributed by atoms with Crippen molar-refractivity contribution < 1.29 is 62.8 Å². The number of hydrogen-bond donors (Lipinski definition) is 5. The molecule has 0 aromatic carbocycles. The van der Waals surface area contributed by atoms with Gasteiger partial charge in [0.15, 0.2) is 6.10 Å². The Morgan fingerprint density at radius 3 is 1.79 bits per heavy atom. The van der Waals surface area contributed by atoms with Crippen LogP contribution in [-0.2, 0) is 37.5 Å². The number of esters is 2. The third-order valence-corrected chi connectivity index (χ3v) is 11.8. The van der Waals surface area contributed by atoms with E-state index in [-0.39, 0.29) is 36.9 Å². The summed E-state index contributed by atoms with van der Waals surface area (Å²) in [5, 5.41) is 39.1. The minimum atomic E-state index is -4.67. The van der Waals surface area contributed by atoms with Crippen LogP contribution in [0.4, 0.5) is 0 Å². The normalized spacial score (nSPS) is 19.6. The summed E-state index contributed by atoms with van der Waals surface area (Å²) < 4.78 is 32.7. The highest BCUT2D eigenvalue weighted by atomic mass is 31.2. The summed E-state index contributed by atoms with van der Waals surface area (Å²) in [4.78, 5) is 47.8. The Hall–Kier alpha value is -1.70. The number of carbonyl (C=O) groups is 3. The topological polar surface area (TPSA) is 206 Å². The van der Waals surface area contributed by atoms with Crippen LogP contribution in [0.25, 0.3) is 0 Å². The van der Waals surface area contributed by atoms with E-state index < -0.39 is 70.6 Å². The molecule has 14 heteroatoms. The Morgan fingerprint density at radius 1 is 0.724 bits per heavy atom. The van der Waals surface area contributed by atoms with Gasteiger partial charge >= 0.3 is 19.8 Å². The molecule has 0 saturated heterocycles. The number of unbranched alkanes of at least 4 members (excludes halogenated alkanes) is 19. The minimum Gasteiger partial charge on any atom is -0.462 e. The quantitative estimate of drug-likeness (QED) is 0.0170. The molecule has 0 bridgehead atoms. The van der Waals surface area contributed by atoms with Crippen molar-refractivity contribution in [3.05, 3.63) is 12.2 Å². The molecule has 1 rings (SSSR count). The number of ketones is 1. The van der Waals surface area contributed by atoms with Crippen LogP contribution < -0.4 is 0 Å². The van der Waals surface area contributed by atoms with Gasteiger partial charge in [-0.3, -0.25) is 23.4 Å². The van der Waals surface area contributed by atoms with Gasteiger partial charge in [-0.2, -0.15) is 0 Å². The van der Waals surface area contributed by atoms with Crippen molar-refractivity contribution in [2.75, 3.05) is 26.4 Å². The third kappa shape index (κ3) is 28.7. The standard InChI is InChI=1S/C44H81O13P/c1-3-5-7-8-9-10-11-12-13-14-15-16-17-18-24-28-44(51)57-38(35-56-58(52,53)55-33-37(47)32-45)34-54-43(50)27-23-20-19-22-26-39-40(42(49)31-41(39)48)30-29-36(46)25-21-6-4-2/h29-30,36-40,42,45-47,49H,3-28,31-35H2,1-2H3,(H,52,53)/b30-29+/t36-,37-,38+,39+,40+,42+/m0/s1. The Kier molecular flexibility index (Phi) is 32.7. The molecule has 0 aliphatic heterocycles. The SMILES string of the molecule is CCCCCCCCCCCCCCCCCC(=O)O[C@H](COC(=O)CCCCCC[C@H]1C(=O)C[C@@H](O)[C@@H]1/C=C/[C@@H](O)CCCCC)COP(=O)(O)OC[C@@H](O)CO. The van der Waals surface area contributed by atoms with Gasteiger partial charge in [0.2, 0.25) is 0 Å². The van der Waals surface area contributed by atoms with E-state index >= 15 is 0 Å². The second-order valence-corrected chi connectivity index (χ2v) is 17.7. The molecule has 0 amide bonds. The fourth-order valence-electron chi connectivity index (χ4n) is 7.24. The molecule has 340 valence electrons. The number of phosphoric ester groups is 1. The third-order valence-electron chi connectivity index (χ3n) is 10.8. The molecule has 58 heavy (non-hydrogen) atoms. The Labute approximate surface area is 349 Å². The molecule has 1 fully saturated rings. The monoisotopic (exact) mass is 849 g/mol. The lowest BCUT2D eigenvalue weighted by atomic mass is 9.88. The summed E-state index contributed by atoms with van der Waals surface area (Å²) in [6.45, 7) is 2.03. The maximum absolute atomic E-state index is 12.7. The number of aliphatic hydroxyl groups is 4. The minimum absolute atomic E-state index is 0.0344. The van der Waals surface area contributed by atoms with Crippen molar-refractivity contribution in [1.82, 2.24) is 0 Å². The number of ether oxygens (including phenoxy) is 2. The van der Waals surface area contributed by atoms with Gasteiger partial charge in [-0.1, -0.05) is 154 Å². The van der Waals surface area contributed by atoms with E-state index in [2.05, 4.69) is 18.4 Å². The first kappa shape index (κ1) is 54.3.